The van der Waals surface area contributed by atoms with Crippen molar-refractivity contribution in [1.29, 1.82) is 0 Å². The maximum atomic E-state index is 12.1. The molecule has 0 aromatic rings. The van der Waals surface area contributed by atoms with Gasteiger partial charge in [0.15, 0.2) is 0 Å². The normalized spacial score (nSPS) is 24.5. The van der Waals surface area contributed by atoms with Crippen LogP contribution >= 0.6 is 11.8 Å². The van der Waals surface area contributed by atoms with Gasteiger partial charge in [-0.2, -0.15) is 11.8 Å². The van der Waals surface area contributed by atoms with Gasteiger partial charge in [-0.1, -0.05) is 19.3 Å². The largest absolute Gasteiger partial charge is 0.379 e. The molecule has 5 heteroatoms. The summed E-state index contributed by atoms with van der Waals surface area (Å²) in [7, 11) is 0. The van der Waals surface area contributed by atoms with Crippen LogP contribution in [0.1, 0.15) is 39.0 Å². The molecule has 1 saturated carbocycles. The second-order valence-corrected chi connectivity index (χ2v) is 7.72. The molecule has 0 bridgehead atoms. The van der Waals surface area contributed by atoms with Gasteiger partial charge >= 0.3 is 0 Å². The van der Waals surface area contributed by atoms with Gasteiger partial charge in [0.25, 0.3) is 0 Å². The van der Waals surface area contributed by atoms with E-state index in [1.165, 1.54) is 32.1 Å². The standard InChI is InChI=1S/C16H30N2O2S/c1-14(21-2)15(19)17-12-16(6-4-3-5-7-16)13-18-8-10-20-11-9-18/h14H,3-13H2,1-2H3,(H,17,19)/t14-/m1/s1. The van der Waals surface area contributed by atoms with Gasteiger partial charge in [-0.05, 0) is 26.0 Å². The first-order chi connectivity index (χ1) is 10.2. The highest BCUT2D eigenvalue weighted by Gasteiger charge is 2.35. The van der Waals surface area contributed by atoms with E-state index in [1.54, 1.807) is 11.8 Å². The molecular formula is C16H30N2O2S. The Balaban J connectivity index is 1.90. The molecular weight excluding hydrogens is 284 g/mol. The quantitative estimate of drug-likeness (QED) is 0.815. The maximum absolute atomic E-state index is 12.1. The van der Waals surface area contributed by atoms with Crippen LogP contribution in [-0.2, 0) is 9.53 Å². The Bertz CT molecular complexity index is 326. The number of carbonyl (C=O) groups excluding carboxylic acids is 1. The van der Waals surface area contributed by atoms with E-state index in [4.69, 9.17) is 4.74 Å². The van der Waals surface area contributed by atoms with Crippen LogP contribution in [0.4, 0.5) is 0 Å². The summed E-state index contributed by atoms with van der Waals surface area (Å²) in [6.07, 6.45) is 8.45. The molecule has 1 atom stereocenters. The fraction of sp³-hybridized carbons (Fsp3) is 0.938. The van der Waals surface area contributed by atoms with E-state index in [9.17, 15) is 4.79 Å². The predicted octanol–water partition coefficient (Wildman–Crippen LogP) is 2.14. The SMILES string of the molecule is CS[C@H](C)C(=O)NCC1(CN2CCOCC2)CCCCC1. The lowest BCUT2D eigenvalue weighted by molar-refractivity contribution is -0.121. The van der Waals surface area contributed by atoms with Gasteiger partial charge in [0, 0.05) is 31.6 Å². The van der Waals surface area contributed by atoms with E-state index < -0.39 is 0 Å². The molecule has 1 heterocycles. The molecule has 1 amide bonds. The summed E-state index contributed by atoms with van der Waals surface area (Å²) in [6, 6.07) is 0. The predicted molar refractivity (Wildman–Crippen MR) is 88.8 cm³/mol. The van der Waals surface area contributed by atoms with E-state index in [0.29, 0.717) is 0 Å². The zero-order valence-corrected chi connectivity index (χ0v) is 14.3. The molecule has 0 aromatic heterocycles. The minimum atomic E-state index is 0.0500. The highest BCUT2D eigenvalue weighted by Crippen LogP contribution is 2.36. The van der Waals surface area contributed by atoms with Crippen molar-refractivity contribution in [1.82, 2.24) is 10.2 Å². The Morgan fingerprint density at radius 3 is 2.57 bits per heavy atom. The number of rotatable bonds is 6. The zero-order valence-electron chi connectivity index (χ0n) is 13.5. The highest BCUT2D eigenvalue weighted by atomic mass is 32.2. The number of ether oxygens (including phenoxy) is 1. The van der Waals surface area contributed by atoms with E-state index >= 15 is 0 Å². The fourth-order valence-corrected chi connectivity index (χ4v) is 3.75. The van der Waals surface area contributed by atoms with Crippen LogP contribution in [0, 0.1) is 5.41 Å². The average Bonchev–Trinajstić information content (AvgIpc) is 2.53. The van der Waals surface area contributed by atoms with Crippen molar-refractivity contribution < 1.29 is 9.53 Å². The molecule has 0 spiro atoms. The molecule has 1 aliphatic carbocycles. The smallest absolute Gasteiger partial charge is 0.232 e. The number of nitrogens with zero attached hydrogens (tertiary/aromatic N) is 1. The second kappa shape index (κ2) is 8.39. The van der Waals surface area contributed by atoms with E-state index in [2.05, 4.69) is 10.2 Å². The third-order valence-corrected chi connectivity index (χ3v) is 5.86. The third-order valence-electron chi connectivity index (χ3n) is 4.94. The minimum Gasteiger partial charge on any atom is -0.379 e. The Morgan fingerprint density at radius 2 is 1.95 bits per heavy atom. The molecule has 0 radical (unpaired) electrons. The fourth-order valence-electron chi connectivity index (χ4n) is 3.45. The molecule has 1 N–H and O–H groups in total. The number of nitrogens with one attached hydrogen (secondary N) is 1. The third kappa shape index (κ3) is 5.15. The first kappa shape index (κ1) is 17.1. The van der Waals surface area contributed by atoms with Gasteiger partial charge in [0.1, 0.15) is 0 Å². The number of carbonyl (C=O) groups is 1. The lowest BCUT2D eigenvalue weighted by atomic mass is 9.73. The molecule has 1 aliphatic heterocycles. The number of thioether (sulfide) groups is 1. The summed E-state index contributed by atoms with van der Waals surface area (Å²) in [5.41, 5.74) is 0.281. The summed E-state index contributed by atoms with van der Waals surface area (Å²) in [5, 5.41) is 3.27. The highest BCUT2D eigenvalue weighted by molar-refractivity contribution is 7.99. The summed E-state index contributed by atoms with van der Waals surface area (Å²) in [4.78, 5) is 14.6. The summed E-state index contributed by atoms with van der Waals surface area (Å²) in [6.45, 7) is 7.72. The molecule has 2 rings (SSSR count). The molecule has 21 heavy (non-hydrogen) atoms. The molecule has 0 aromatic carbocycles. The van der Waals surface area contributed by atoms with Crippen molar-refractivity contribution in [3.8, 4) is 0 Å². The van der Waals surface area contributed by atoms with Crippen LogP contribution in [-0.4, -0.2) is 61.7 Å². The molecule has 1 saturated heterocycles. The van der Waals surface area contributed by atoms with Gasteiger partial charge in [0.2, 0.25) is 5.91 Å². The first-order valence-electron chi connectivity index (χ1n) is 8.26. The minimum absolute atomic E-state index is 0.0500. The van der Waals surface area contributed by atoms with Crippen LogP contribution in [0.5, 0.6) is 0 Å². The Kier molecular flexibility index (Phi) is 6.83. The lowest BCUT2D eigenvalue weighted by Gasteiger charge is -2.42. The van der Waals surface area contributed by atoms with E-state index in [0.717, 1.165) is 39.4 Å². The monoisotopic (exact) mass is 314 g/mol. The van der Waals surface area contributed by atoms with Crippen molar-refractivity contribution in [2.24, 2.45) is 5.41 Å². The van der Waals surface area contributed by atoms with Gasteiger partial charge in [-0.15, -0.1) is 0 Å². The van der Waals surface area contributed by atoms with Crippen LogP contribution in [0.3, 0.4) is 0 Å². The Labute approximate surface area is 133 Å². The molecule has 122 valence electrons. The van der Waals surface area contributed by atoms with Crippen molar-refractivity contribution >= 4 is 17.7 Å². The molecule has 4 nitrogen and oxygen atoms in total. The summed E-state index contributed by atoms with van der Waals surface area (Å²) < 4.78 is 5.45. The summed E-state index contributed by atoms with van der Waals surface area (Å²) in [5.74, 6) is 0.189. The number of amides is 1. The number of hydrogen-bond donors (Lipinski definition) is 1. The van der Waals surface area contributed by atoms with Crippen LogP contribution in [0.25, 0.3) is 0 Å². The van der Waals surface area contributed by atoms with Crippen LogP contribution in [0.15, 0.2) is 0 Å². The average molecular weight is 314 g/mol. The van der Waals surface area contributed by atoms with Gasteiger partial charge in [0.05, 0.1) is 18.5 Å². The number of morpholine rings is 1. The van der Waals surface area contributed by atoms with Crippen molar-refractivity contribution in [3.05, 3.63) is 0 Å². The number of hydrogen-bond acceptors (Lipinski definition) is 4. The topological polar surface area (TPSA) is 41.6 Å². The van der Waals surface area contributed by atoms with Crippen molar-refractivity contribution in [3.63, 3.8) is 0 Å². The lowest BCUT2D eigenvalue weighted by Crippen LogP contribution is -2.50. The van der Waals surface area contributed by atoms with Crippen LogP contribution < -0.4 is 5.32 Å². The molecule has 2 aliphatic rings. The van der Waals surface area contributed by atoms with Gasteiger partial charge in [-0.25, -0.2) is 0 Å². The first-order valence-corrected chi connectivity index (χ1v) is 9.55. The van der Waals surface area contributed by atoms with Crippen molar-refractivity contribution in [2.45, 2.75) is 44.3 Å². The van der Waals surface area contributed by atoms with E-state index in [-0.39, 0.29) is 16.6 Å². The molecule has 0 unspecified atom stereocenters. The summed E-state index contributed by atoms with van der Waals surface area (Å²) >= 11 is 1.62. The zero-order chi connectivity index (χ0) is 15.1. The second-order valence-electron chi connectivity index (χ2n) is 6.54. The van der Waals surface area contributed by atoms with E-state index in [1.807, 2.05) is 13.2 Å². The van der Waals surface area contributed by atoms with Crippen molar-refractivity contribution in [2.75, 3.05) is 45.6 Å². The Morgan fingerprint density at radius 1 is 1.29 bits per heavy atom. The van der Waals surface area contributed by atoms with Gasteiger partial charge < -0.3 is 10.1 Å². The molecule has 2 fully saturated rings. The Hall–Kier alpha value is -0.260. The van der Waals surface area contributed by atoms with Crippen LogP contribution in [0.2, 0.25) is 0 Å². The van der Waals surface area contributed by atoms with Gasteiger partial charge in [-0.3, -0.25) is 9.69 Å². The maximum Gasteiger partial charge on any atom is 0.232 e.